The van der Waals surface area contributed by atoms with Crippen LogP contribution >= 0.6 is 0 Å². The first-order valence-corrected chi connectivity index (χ1v) is 6.80. The van der Waals surface area contributed by atoms with Gasteiger partial charge in [0, 0.05) is 12.1 Å². The van der Waals surface area contributed by atoms with E-state index in [-0.39, 0.29) is 0 Å². The molecule has 0 spiro atoms. The first-order chi connectivity index (χ1) is 8.95. The van der Waals surface area contributed by atoms with Gasteiger partial charge in [0.2, 0.25) is 0 Å². The van der Waals surface area contributed by atoms with Crippen molar-refractivity contribution in [3.05, 3.63) is 29.8 Å². The minimum atomic E-state index is 0.315. The van der Waals surface area contributed by atoms with Gasteiger partial charge in [-0.3, -0.25) is 0 Å². The van der Waals surface area contributed by atoms with Gasteiger partial charge < -0.3 is 10.1 Å². The van der Waals surface area contributed by atoms with Crippen molar-refractivity contribution < 1.29 is 4.74 Å². The van der Waals surface area contributed by atoms with Crippen LogP contribution in [-0.4, -0.2) is 13.2 Å². The lowest BCUT2D eigenvalue weighted by Gasteiger charge is -2.27. The van der Waals surface area contributed by atoms with Crippen molar-refractivity contribution in [1.82, 2.24) is 5.32 Å². The van der Waals surface area contributed by atoms with Gasteiger partial charge in [-0.25, -0.2) is 0 Å². The van der Waals surface area contributed by atoms with E-state index in [2.05, 4.69) is 45.0 Å². The summed E-state index contributed by atoms with van der Waals surface area (Å²) in [5.74, 6) is 3.98. The molecule has 1 aromatic carbocycles. The number of rotatable bonds is 6. The highest BCUT2D eigenvalue weighted by Crippen LogP contribution is 2.24. The van der Waals surface area contributed by atoms with E-state index in [0.29, 0.717) is 17.9 Å². The van der Waals surface area contributed by atoms with Crippen molar-refractivity contribution in [3.63, 3.8) is 0 Å². The summed E-state index contributed by atoms with van der Waals surface area (Å²) in [7, 11) is 0. The van der Waals surface area contributed by atoms with Crippen LogP contribution in [0.15, 0.2) is 24.3 Å². The van der Waals surface area contributed by atoms with Gasteiger partial charge >= 0.3 is 0 Å². The fraction of sp³-hybridized carbons (Fsp3) is 0.529. The molecule has 0 saturated heterocycles. The molecular formula is C17H25NO. The molecule has 0 saturated carbocycles. The van der Waals surface area contributed by atoms with Gasteiger partial charge in [0.1, 0.15) is 12.4 Å². The maximum Gasteiger partial charge on any atom is 0.148 e. The number of nitrogens with one attached hydrogen (secondary N) is 1. The van der Waals surface area contributed by atoms with Gasteiger partial charge in [0.25, 0.3) is 0 Å². The molecule has 1 N–H and O–H groups in total. The van der Waals surface area contributed by atoms with Crippen molar-refractivity contribution in [3.8, 4) is 18.1 Å². The highest BCUT2D eigenvalue weighted by molar-refractivity contribution is 5.33. The van der Waals surface area contributed by atoms with Gasteiger partial charge in [-0.15, -0.1) is 6.42 Å². The summed E-state index contributed by atoms with van der Waals surface area (Å²) in [5.41, 5.74) is 1.48. The maximum atomic E-state index is 5.53. The molecule has 19 heavy (non-hydrogen) atoms. The zero-order chi connectivity index (χ0) is 14.3. The van der Waals surface area contributed by atoms with Crippen LogP contribution < -0.4 is 10.1 Å². The summed E-state index contributed by atoms with van der Waals surface area (Å²) in [4.78, 5) is 0. The van der Waals surface area contributed by atoms with Gasteiger partial charge in [0.15, 0.2) is 0 Å². The Morgan fingerprint density at radius 2 is 2.00 bits per heavy atom. The predicted molar refractivity (Wildman–Crippen MR) is 81.1 cm³/mol. The van der Waals surface area contributed by atoms with E-state index in [1.807, 2.05) is 18.2 Å². The third-order valence-electron chi connectivity index (χ3n) is 3.53. The van der Waals surface area contributed by atoms with E-state index in [4.69, 9.17) is 11.2 Å². The van der Waals surface area contributed by atoms with Gasteiger partial charge in [-0.2, -0.15) is 0 Å². The number of ether oxygens (including phenoxy) is 1. The molecule has 1 unspecified atom stereocenters. The van der Waals surface area contributed by atoms with Crippen LogP contribution in [0.25, 0.3) is 0 Å². The van der Waals surface area contributed by atoms with Crippen LogP contribution in [0.5, 0.6) is 5.75 Å². The lowest BCUT2D eigenvalue weighted by Crippen LogP contribution is -2.29. The molecule has 2 nitrogen and oxygen atoms in total. The Kier molecular flexibility index (Phi) is 5.92. The van der Waals surface area contributed by atoms with E-state index in [9.17, 15) is 0 Å². The van der Waals surface area contributed by atoms with Gasteiger partial charge in [-0.1, -0.05) is 51.8 Å². The van der Waals surface area contributed by atoms with E-state index in [1.54, 1.807) is 0 Å². The second-order valence-corrected chi connectivity index (χ2v) is 6.00. The summed E-state index contributed by atoms with van der Waals surface area (Å²) in [6.45, 7) is 11.2. The number of benzene rings is 1. The Labute approximate surface area is 117 Å². The van der Waals surface area contributed by atoms with Crippen molar-refractivity contribution in [1.29, 1.82) is 0 Å². The zero-order valence-corrected chi connectivity index (χ0v) is 12.5. The molecule has 0 aliphatic rings. The number of hydrogen-bond acceptors (Lipinski definition) is 2. The highest BCUT2D eigenvalue weighted by Gasteiger charge is 2.19. The average Bonchev–Trinajstić information content (AvgIpc) is 2.36. The number of para-hydroxylation sites is 1. The predicted octanol–water partition coefficient (Wildman–Crippen LogP) is 3.47. The number of terminal acetylenes is 1. The summed E-state index contributed by atoms with van der Waals surface area (Å²) in [6.07, 6.45) is 5.22. The van der Waals surface area contributed by atoms with Crippen LogP contribution in [0.2, 0.25) is 0 Å². The highest BCUT2D eigenvalue weighted by atomic mass is 16.5. The Morgan fingerprint density at radius 3 is 2.63 bits per heavy atom. The summed E-state index contributed by atoms with van der Waals surface area (Å²) >= 11 is 0. The summed E-state index contributed by atoms with van der Waals surface area (Å²) < 4.78 is 5.53. The Morgan fingerprint density at radius 1 is 1.32 bits per heavy atom. The fourth-order valence-electron chi connectivity index (χ4n) is 1.64. The van der Waals surface area contributed by atoms with Crippen molar-refractivity contribution in [2.75, 3.05) is 13.2 Å². The Hall–Kier alpha value is -1.46. The van der Waals surface area contributed by atoms with E-state index >= 15 is 0 Å². The Bertz CT molecular complexity index is 426. The smallest absolute Gasteiger partial charge is 0.148 e. The number of hydrogen-bond donors (Lipinski definition) is 1. The summed E-state index contributed by atoms with van der Waals surface area (Å²) in [5, 5.41) is 3.49. The molecular weight excluding hydrogens is 234 g/mol. The molecule has 0 aromatic heterocycles. The van der Waals surface area contributed by atoms with Crippen molar-refractivity contribution in [2.24, 2.45) is 11.3 Å². The molecule has 0 aliphatic heterocycles. The third-order valence-corrected chi connectivity index (χ3v) is 3.53. The zero-order valence-electron chi connectivity index (χ0n) is 12.5. The average molecular weight is 259 g/mol. The lowest BCUT2D eigenvalue weighted by atomic mass is 9.82. The molecule has 1 atom stereocenters. The molecule has 0 fully saturated rings. The monoisotopic (exact) mass is 259 g/mol. The normalized spacial score (nSPS) is 12.8. The van der Waals surface area contributed by atoms with Crippen LogP contribution in [0.4, 0.5) is 0 Å². The first kappa shape index (κ1) is 15.6. The van der Waals surface area contributed by atoms with Crippen LogP contribution in [-0.2, 0) is 6.54 Å². The van der Waals surface area contributed by atoms with Crippen molar-refractivity contribution in [2.45, 2.75) is 34.2 Å². The first-order valence-electron chi connectivity index (χ1n) is 6.80. The maximum absolute atomic E-state index is 5.53. The topological polar surface area (TPSA) is 21.3 Å². The SMILES string of the molecule is C#CCOc1ccccc1CNCC(C)C(C)(C)C. The molecule has 104 valence electrons. The molecule has 2 heteroatoms. The molecule has 0 aliphatic carbocycles. The van der Waals surface area contributed by atoms with E-state index in [1.165, 1.54) is 0 Å². The van der Waals surface area contributed by atoms with Crippen LogP contribution in [0.1, 0.15) is 33.3 Å². The fourth-order valence-corrected chi connectivity index (χ4v) is 1.64. The van der Waals surface area contributed by atoms with Crippen LogP contribution in [0, 0.1) is 23.7 Å². The minimum absolute atomic E-state index is 0.315. The second-order valence-electron chi connectivity index (χ2n) is 6.00. The summed E-state index contributed by atoms with van der Waals surface area (Å²) in [6, 6.07) is 8.02. The largest absolute Gasteiger partial charge is 0.481 e. The molecule has 0 heterocycles. The standard InChI is InChI=1S/C17H25NO/c1-6-11-19-16-10-8-7-9-15(16)13-18-12-14(2)17(3,4)5/h1,7-10,14,18H,11-13H2,2-5H3. The molecule has 0 bridgehead atoms. The van der Waals surface area contributed by atoms with Gasteiger partial charge in [-0.05, 0) is 23.9 Å². The molecule has 1 aromatic rings. The van der Waals surface area contributed by atoms with E-state index in [0.717, 1.165) is 24.4 Å². The van der Waals surface area contributed by atoms with Crippen molar-refractivity contribution >= 4 is 0 Å². The minimum Gasteiger partial charge on any atom is -0.481 e. The molecule has 0 radical (unpaired) electrons. The molecule has 1 rings (SSSR count). The van der Waals surface area contributed by atoms with Gasteiger partial charge in [0.05, 0.1) is 0 Å². The molecule has 0 amide bonds. The Balaban J connectivity index is 2.51. The third kappa shape index (κ3) is 5.36. The second kappa shape index (κ2) is 7.21. The van der Waals surface area contributed by atoms with E-state index < -0.39 is 0 Å². The lowest BCUT2D eigenvalue weighted by molar-refractivity contribution is 0.252. The quantitative estimate of drug-likeness (QED) is 0.790. The van der Waals surface area contributed by atoms with Crippen LogP contribution in [0.3, 0.4) is 0 Å².